The molecule has 0 bridgehead atoms. The molecule has 3 heteroatoms. The van der Waals surface area contributed by atoms with Crippen LogP contribution >= 0.6 is 0 Å². The van der Waals surface area contributed by atoms with Crippen molar-refractivity contribution in [2.75, 3.05) is 0 Å². The smallest absolute Gasteiger partial charge is 0.335 e. The average molecular weight is 400 g/mol. The quantitative estimate of drug-likeness (QED) is 0.669. The van der Waals surface area contributed by atoms with E-state index in [1.54, 1.807) is 6.20 Å². The molecule has 0 radical (unpaired) electrons. The van der Waals surface area contributed by atoms with Crippen LogP contribution in [0.4, 0.5) is 0 Å². The van der Waals surface area contributed by atoms with Gasteiger partial charge in [0.25, 0.3) is 0 Å². The van der Waals surface area contributed by atoms with E-state index in [1.807, 2.05) is 26.3 Å². The van der Waals surface area contributed by atoms with E-state index in [0.717, 1.165) is 10.9 Å². The van der Waals surface area contributed by atoms with E-state index in [4.69, 9.17) is 0 Å². The first-order valence-electron chi connectivity index (χ1n) is 5.58. The fourth-order valence-electron chi connectivity index (χ4n) is 1.31. The first kappa shape index (κ1) is 16.4. The van der Waals surface area contributed by atoms with Crippen LogP contribution in [0.5, 0.6) is 0 Å². The third kappa shape index (κ3) is 4.63. The summed E-state index contributed by atoms with van der Waals surface area (Å²) in [6.07, 6.45) is 3.79. The van der Waals surface area contributed by atoms with Crippen LogP contribution in [-0.2, 0) is 26.5 Å². The summed E-state index contributed by atoms with van der Waals surface area (Å²) in [6, 6.07) is 7.39. The molecule has 0 saturated carbocycles. The van der Waals surface area contributed by atoms with Gasteiger partial charge in [-0.25, -0.2) is 5.10 Å². The molecule has 1 N–H and O–H groups in total. The van der Waals surface area contributed by atoms with Gasteiger partial charge in [-0.05, 0) is 17.1 Å². The number of fused-ring (bicyclic) bond motifs is 1. The molecule has 0 aliphatic carbocycles. The predicted octanol–water partition coefficient (Wildman–Crippen LogP) is 3.89. The number of hydrogen-bond acceptors (Lipinski definition) is 1. The van der Waals surface area contributed by atoms with E-state index in [1.165, 1.54) is 5.56 Å². The minimum atomic E-state index is 0. The summed E-state index contributed by atoms with van der Waals surface area (Å²) >= 11 is 0. The fourth-order valence-corrected chi connectivity index (χ4v) is 1.31. The van der Waals surface area contributed by atoms with Crippen molar-refractivity contribution in [3.63, 3.8) is 0 Å². The normalized spacial score (nSPS) is 10.4. The maximum atomic E-state index is 3.97. The zero-order valence-electron chi connectivity index (χ0n) is 11.2. The van der Waals surface area contributed by atoms with Crippen LogP contribution < -0.4 is 0 Å². The number of nitrogens with one attached hydrogen (secondary N) is 1. The summed E-state index contributed by atoms with van der Waals surface area (Å²) in [5.74, 6) is 0. The molecule has 17 heavy (non-hydrogen) atoms. The van der Waals surface area contributed by atoms with Crippen LogP contribution in [0, 0.1) is 12.5 Å². The van der Waals surface area contributed by atoms with E-state index >= 15 is 0 Å². The van der Waals surface area contributed by atoms with Crippen LogP contribution in [0.2, 0.25) is 0 Å². The van der Waals surface area contributed by atoms with Gasteiger partial charge in [-0.15, -0.1) is 29.1 Å². The van der Waals surface area contributed by atoms with E-state index in [2.05, 4.69) is 43.1 Å². The van der Waals surface area contributed by atoms with Gasteiger partial charge in [0.1, 0.15) is 0 Å². The molecule has 0 spiro atoms. The Kier molecular flexibility index (Phi) is 6.70. The standard InChI is InChI=1S/C11H13N2.C3H7.W/c1-11(2,3)9-5-4-8-7-12-13-10(8)6-9;1-3-2;/h5-7H,1-3H3,(H,12,13);3H,1-2H3;/q2*-1;+2. The number of aromatic amines is 1. The number of nitrogens with zero attached hydrogens (tertiary/aromatic N) is 1. The number of H-pyrrole nitrogens is 1. The molecule has 2 nitrogen and oxygen atoms in total. The van der Waals surface area contributed by atoms with Crippen molar-refractivity contribution in [1.82, 2.24) is 10.2 Å². The van der Waals surface area contributed by atoms with Gasteiger partial charge in [0.05, 0.1) is 0 Å². The van der Waals surface area contributed by atoms with Crippen LogP contribution in [0.1, 0.15) is 40.2 Å². The summed E-state index contributed by atoms with van der Waals surface area (Å²) in [6.45, 7) is 10.6. The topological polar surface area (TPSA) is 28.7 Å². The third-order valence-corrected chi connectivity index (χ3v) is 2.22. The second-order valence-electron chi connectivity index (χ2n) is 4.91. The molecule has 2 aromatic rings. The van der Waals surface area contributed by atoms with E-state index in [-0.39, 0.29) is 26.5 Å². The number of rotatable bonds is 0. The van der Waals surface area contributed by atoms with Crippen molar-refractivity contribution in [3.05, 3.63) is 36.4 Å². The van der Waals surface area contributed by atoms with Crippen LogP contribution in [0.3, 0.4) is 0 Å². The molecular weight excluding hydrogens is 380 g/mol. The van der Waals surface area contributed by atoms with Crippen LogP contribution in [0.25, 0.3) is 10.9 Å². The monoisotopic (exact) mass is 400 g/mol. The summed E-state index contributed by atoms with van der Waals surface area (Å²) in [4.78, 5) is 0. The largest absolute Gasteiger partial charge is 2.00 e. The third-order valence-electron chi connectivity index (χ3n) is 2.22. The average Bonchev–Trinajstić information content (AvgIpc) is 2.63. The Bertz CT molecular complexity index is 441. The molecule has 1 heterocycles. The minimum Gasteiger partial charge on any atom is -0.335 e. The minimum absolute atomic E-state index is 0. The van der Waals surface area contributed by atoms with E-state index in [9.17, 15) is 0 Å². The molecule has 0 aliphatic rings. The van der Waals surface area contributed by atoms with Crippen molar-refractivity contribution in [3.8, 4) is 0 Å². The molecule has 0 atom stereocenters. The van der Waals surface area contributed by atoms with Gasteiger partial charge in [0, 0.05) is 0 Å². The van der Waals surface area contributed by atoms with Crippen LogP contribution in [-0.4, -0.2) is 10.2 Å². The zero-order valence-corrected chi connectivity index (χ0v) is 14.1. The Balaban J connectivity index is 0.000000583. The summed E-state index contributed by atoms with van der Waals surface area (Å²) in [5.41, 5.74) is 2.52. The Morgan fingerprint density at radius 3 is 2.41 bits per heavy atom. The second-order valence-corrected chi connectivity index (χ2v) is 4.91. The first-order valence-corrected chi connectivity index (χ1v) is 5.58. The van der Waals surface area contributed by atoms with Crippen LogP contribution in [0.15, 0.2) is 18.3 Å². The molecule has 0 amide bonds. The molecular formula is C14H20N2W. The molecule has 2 rings (SSSR count). The molecule has 1 aromatic heterocycles. The Labute approximate surface area is 118 Å². The van der Waals surface area contributed by atoms with Gasteiger partial charge >= 0.3 is 21.1 Å². The Hall–Kier alpha value is -0.622. The fraction of sp³-hybridized carbons (Fsp3) is 0.429. The molecule has 0 fully saturated rings. The molecule has 0 aliphatic heterocycles. The van der Waals surface area contributed by atoms with Crippen molar-refractivity contribution in [2.24, 2.45) is 0 Å². The van der Waals surface area contributed by atoms with Crippen molar-refractivity contribution < 1.29 is 21.1 Å². The number of aromatic nitrogens is 2. The maximum Gasteiger partial charge on any atom is 2.00 e. The SMILES string of the molecule is CC(C)(C)c1c[c-]c2cn[nH]c2c1.C[CH-]C.[W+2]. The molecule has 0 unspecified atom stereocenters. The van der Waals surface area contributed by atoms with Crippen molar-refractivity contribution in [2.45, 2.75) is 40.0 Å². The second kappa shape index (κ2) is 6.96. The van der Waals surface area contributed by atoms with Crippen molar-refractivity contribution in [1.29, 1.82) is 0 Å². The molecule has 92 valence electrons. The first-order chi connectivity index (χ1) is 7.49. The van der Waals surface area contributed by atoms with Gasteiger partial charge in [-0.1, -0.05) is 20.8 Å². The number of benzene rings is 1. The molecule has 1 aromatic carbocycles. The van der Waals surface area contributed by atoms with Gasteiger partial charge in [0.2, 0.25) is 0 Å². The van der Waals surface area contributed by atoms with Gasteiger partial charge in [-0.2, -0.15) is 13.8 Å². The maximum absolute atomic E-state index is 3.97. The number of hydrogen-bond donors (Lipinski definition) is 1. The molecule has 0 saturated heterocycles. The van der Waals surface area contributed by atoms with E-state index in [0.29, 0.717) is 0 Å². The zero-order chi connectivity index (χ0) is 12.2. The summed E-state index contributed by atoms with van der Waals surface area (Å²) in [7, 11) is 0. The Morgan fingerprint density at radius 2 is 1.88 bits per heavy atom. The summed E-state index contributed by atoms with van der Waals surface area (Å²) in [5, 5.41) is 7.97. The van der Waals surface area contributed by atoms with Gasteiger partial charge in [0.15, 0.2) is 0 Å². The van der Waals surface area contributed by atoms with E-state index < -0.39 is 0 Å². The van der Waals surface area contributed by atoms with Crippen molar-refractivity contribution >= 4 is 10.9 Å². The predicted molar refractivity (Wildman–Crippen MR) is 69.3 cm³/mol. The Morgan fingerprint density at radius 1 is 1.29 bits per heavy atom. The van der Waals surface area contributed by atoms with Gasteiger partial charge in [-0.3, -0.25) is 0 Å². The summed E-state index contributed by atoms with van der Waals surface area (Å²) < 4.78 is 0. The van der Waals surface area contributed by atoms with Gasteiger partial charge < -0.3 is 11.5 Å².